The minimum atomic E-state index is -0.276. The number of rotatable bonds is 4. The Morgan fingerprint density at radius 1 is 1.59 bits per heavy atom. The summed E-state index contributed by atoms with van der Waals surface area (Å²) >= 11 is 0. The molecule has 1 aliphatic heterocycles. The molecule has 0 spiro atoms. The van der Waals surface area contributed by atoms with Gasteiger partial charge in [0.15, 0.2) is 0 Å². The first-order valence-electron chi connectivity index (χ1n) is 6.10. The van der Waals surface area contributed by atoms with Crippen LogP contribution in [0.5, 0.6) is 0 Å². The topological polar surface area (TPSA) is 50.5 Å². The van der Waals surface area contributed by atoms with Crippen molar-refractivity contribution in [3.8, 4) is 0 Å². The molecular weight excluding hydrogens is 218 g/mol. The van der Waals surface area contributed by atoms with Gasteiger partial charge in [-0.05, 0) is 13.3 Å². The van der Waals surface area contributed by atoms with Crippen LogP contribution in [0.15, 0.2) is 12.4 Å². The van der Waals surface area contributed by atoms with Crippen molar-refractivity contribution in [2.24, 2.45) is 7.05 Å². The summed E-state index contributed by atoms with van der Waals surface area (Å²) in [5.41, 5.74) is 0.843. The van der Waals surface area contributed by atoms with E-state index in [4.69, 9.17) is 9.84 Å². The molecule has 5 nitrogen and oxygen atoms in total. The lowest BCUT2D eigenvalue weighted by Gasteiger charge is -2.40. The molecule has 0 saturated carbocycles. The van der Waals surface area contributed by atoms with Crippen molar-refractivity contribution < 1.29 is 9.84 Å². The maximum Gasteiger partial charge on any atom is 0.106 e. The van der Waals surface area contributed by atoms with Crippen molar-refractivity contribution in [3.63, 3.8) is 0 Å². The lowest BCUT2D eigenvalue weighted by atomic mass is 9.97. The summed E-state index contributed by atoms with van der Waals surface area (Å²) in [4.78, 5) is 2.34. The normalized spacial score (nSPS) is 26.3. The second-order valence-electron chi connectivity index (χ2n) is 4.84. The van der Waals surface area contributed by atoms with Crippen molar-refractivity contribution in [2.75, 3.05) is 32.8 Å². The Morgan fingerprint density at radius 2 is 2.41 bits per heavy atom. The molecule has 2 rings (SSSR count). The average molecular weight is 239 g/mol. The highest BCUT2D eigenvalue weighted by molar-refractivity contribution is 5.16. The van der Waals surface area contributed by atoms with Crippen LogP contribution in [-0.4, -0.2) is 52.6 Å². The first-order chi connectivity index (χ1) is 8.14. The first-order valence-corrected chi connectivity index (χ1v) is 6.10. The van der Waals surface area contributed by atoms with E-state index in [-0.39, 0.29) is 12.2 Å². The van der Waals surface area contributed by atoms with Crippen molar-refractivity contribution in [2.45, 2.75) is 18.9 Å². The molecule has 96 valence electrons. The number of hydrogen-bond donors (Lipinski definition) is 1. The summed E-state index contributed by atoms with van der Waals surface area (Å²) < 4.78 is 7.72. The molecule has 0 amide bonds. The highest BCUT2D eigenvalue weighted by Crippen LogP contribution is 2.28. The largest absolute Gasteiger partial charge is 0.396 e. The minimum Gasteiger partial charge on any atom is -0.396 e. The van der Waals surface area contributed by atoms with Gasteiger partial charge < -0.3 is 9.84 Å². The van der Waals surface area contributed by atoms with E-state index in [1.54, 1.807) is 4.68 Å². The Bertz CT molecular complexity index is 366. The van der Waals surface area contributed by atoms with E-state index < -0.39 is 0 Å². The van der Waals surface area contributed by atoms with Crippen LogP contribution < -0.4 is 0 Å². The van der Waals surface area contributed by atoms with E-state index in [9.17, 15) is 0 Å². The van der Waals surface area contributed by atoms with Gasteiger partial charge in [0.25, 0.3) is 0 Å². The first kappa shape index (κ1) is 12.5. The number of aliphatic hydroxyl groups excluding tert-OH is 1. The fourth-order valence-electron chi connectivity index (χ4n) is 2.31. The maximum atomic E-state index is 8.88. The maximum absolute atomic E-state index is 8.88. The molecule has 0 radical (unpaired) electrons. The SMILES string of the molecule is Cn1cc(C2(C)CN(CCCO)CCO2)cn1. The van der Waals surface area contributed by atoms with Gasteiger partial charge in [-0.1, -0.05) is 0 Å². The summed E-state index contributed by atoms with van der Waals surface area (Å²) in [6, 6.07) is 0. The minimum absolute atomic E-state index is 0.251. The highest BCUT2D eigenvalue weighted by atomic mass is 16.5. The molecule has 1 N–H and O–H groups in total. The van der Waals surface area contributed by atoms with Crippen molar-refractivity contribution >= 4 is 0 Å². The second kappa shape index (κ2) is 5.16. The van der Waals surface area contributed by atoms with E-state index in [1.807, 2.05) is 19.4 Å². The Labute approximate surface area is 102 Å². The van der Waals surface area contributed by atoms with E-state index >= 15 is 0 Å². The molecule has 2 heterocycles. The zero-order chi connectivity index (χ0) is 12.3. The van der Waals surface area contributed by atoms with Gasteiger partial charge in [0, 0.05) is 45.0 Å². The van der Waals surface area contributed by atoms with Gasteiger partial charge in [-0.25, -0.2) is 0 Å². The lowest BCUT2D eigenvalue weighted by Crippen LogP contribution is -2.48. The van der Waals surface area contributed by atoms with E-state index in [1.165, 1.54) is 0 Å². The molecule has 1 aliphatic rings. The van der Waals surface area contributed by atoms with Gasteiger partial charge in [0.05, 0.1) is 12.8 Å². The van der Waals surface area contributed by atoms with Crippen LogP contribution in [0.25, 0.3) is 0 Å². The zero-order valence-corrected chi connectivity index (χ0v) is 10.6. The van der Waals surface area contributed by atoms with Crippen LogP contribution in [-0.2, 0) is 17.4 Å². The van der Waals surface area contributed by atoms with Gasteiger partial charge in [0.1, 0.15) is 5.60 Å². The smallest absolute Gasteiger partial charge is 0.106 e. The third kappa shape index (κ3) is 2.86. The second-order valence-corrected chi connectivity index (χ2v) is 4.84. The average Bonchev–Trinajstić information content (AvgIpc) is 2.74. The molecule has 0 aliphatic carbocycles. The van der Waals surface area contributed by atoms with Gasteiger partial charge >= 0.3 is 0 Å². The standard InChI is InChI=1S/C12H21N3O2/c1-12(11-8-13-14(2)9-11)10-15(4-3-6-16)5-7-17-12/h8-9,16H,3-7,10H2,1-2H3. The van der Waals surface area contributed by atoms with E-state index in [2.05, 4.69) is 16.9 Å². The monoisotopic (exact) mass is 239 g/mol. The van der Waals surface area contributed by atoms with Crippen LogP contribution >= 0.6 is 0 Å². The number of aryl methyl sites for hydroxylation is 1. The number of morpholine rings is 1. The molecule has 17 heavy (non-hydrogen) atoms. The molecule has 0 aromatic carbocycles. The number of aromatic nitrogens is 2. The van der Waals surface area contributed by atoms with Crippen molar-refractivity contribution in [1.82, 2.24) is 14.7 Å². The molecule has 1 aromatic rings. The van der Waals surface area contributed by atoms with Crippen LogP contribution in [0.2, 0.25) is 0 Å². The summed E-state index contributed by atoms with van der Waals surface area (Å²) in [7, 11) is 1.92. The molecule has 5 heteroatoms. The van der Waals surface area contributed by atoms with Crippen LogP contribution in [0.3, 0.4) is 0 Å². The number of hydrogen-bond acceptors (Lipinski definition) is 4. The lowest BCUT2D eigenvalue weighted by molar-refractivity contribution is -0.103. The third-order valence-electron chi connectivity index (χ3n) is 3.30. The van der Waals surface area contributed by atoms with E-state index in [0.717, 1.165) is 38.2 Å². The molecular formula is C12H21N3O2. The summed E-state index contributed by atoms with van der Waals surface area (Å²) in [5.74, 6) is 0. The number of ether oxygens (including phenoxy) is 1. The molecule has 1 unspecified atom stereocenters. The predicted molar refractivity (Wildman–Crippen MR) is 64.7 cm³/mol. The molecule has 1 atom stereocenters. The molecule has 1 aromatic heterocycles. The quantitative estimate of drug-likeness (QED) is 0.823. The number of nitrogens with zero attached hydrogens (tertiary/aromatic N) is 3. The fraction of sp³-hybridized carbons (Fsp3) is 0.750. The Kier molecular flexibility index (Phi) is 3.81. The predicted octanol–water partition coefficient (Wildman–Crippen LogP) is 0.350. The van der Waals surface area contributed by atoms with Crippen molar-refractivity contribution in [3.05, 3.63) is 18.0 Å². The fourth-order valence-corrected chi connectivity index (χ4v) is 2.31. The van der Waals surface area contributed by atoms with Crippen LogP contribution in [0, 0.1) is 0 Å². The van der Waals surface area contributed by atoms with Gasteiger partial charge in [-0.3, -0.25) is 9.58 Å². The van der Waals surface area contributed by atoms with Gasteiger partial charge in [-0.15, -0.1) is 0 Å². The van der Waals surface area contributed by atoms with Crippen LogP contribution in [0.4, 0.5) is 0 Å². The summed E-state index contributed by atoms with van der Waals surface area (Å²) in [6.07, 6.45) is 4.70. The van der Waals surface area contributed by atoms with Gasteiger partial charge in [0.2, 0.25) is 0 Å². The molecule has 1 fully saturated rings. The highest BCUT2D eigenvalue weighted by Gasteiger charge is 2.34. The Balaban J connectivity index is 2.04. The molecule has 0 bridgehead atoms. The number of aliphatic hydroxyl groups is 1. The Hall–Kier alpha value is -0.910. The third-order valence-corrected chi connectivity index (χ3v) is 3.30. The summed E-state index contributed by atoms with van der Waals surface area (Å²) in [5, 5.41) is 13.1. The zero-order valence-electron chi connectivity index (χ0n) is 10.6. The Morgan fingerprint density at radius 3 is 3.06 bits per heavy atom. The van der Waals surface area contributed by atoms with E-state index in [0.29, 0.717) is 0 Å². The van der Waals surface area contributed by atoms with Crippen LogP contribution in [0.1, 0.15) is 18.9 Å². The van der Waals surface area contributed by atoms with Crippen molar-refractivity contribution in [1.29, 1.82) is 0 Å². The van der Waals surface area contributed by atoms with Gasteiger partial charge in [-0.2, -0.15) is 5.10 Å². The molecule has 1 saturated heterocycles. The summed E-state index contributed by atoms with van der Waals surface area (Å²) in [6.45, 7) is 5.82.